The summed E-state index contributed by atoms with van der Waals surface area (Å²) in [7, 11) is 0. The van der Waals surface area contributed by atoms with Gasteiger partial charge in [-0.1, -0.05) is 67.3 Å². The topological polar surface area (TPSA) is 95.9 Å². The molecule has 0 unspecified atom stereocenters. The van der Waals surface area contributed by atoms with Gasteiger partial charge in [-0.2, -0.15) is 18.4 Å². The van der Waals surface area contributed by atoms with Crippen LogP contribution in [0.15, 0.2) is 80.4 Å². The minimum absolute atomic E-state index is 0.0379. The van der Waals surface area contributed by atoms with Gasteiger partial charge in [0.2, 0.25) is 5.13 Å². The van der Waals surface area contributed by atoms with E-state index >= 15 is 0 Å². The van der Waals surface area contributed by atoms with E-state index in [9.17, 15) is 23.2 Å². The zero-order valence-corrected chi connectivity index (χ0v) is 24.9. The summed E-state index contributed by atoms with van der Waals surface area (Å²) in [4.78, 5) is 16.4. The van der Waals surface area contributed by atoms with Crippen LogP contribution >= 0.6 is 34.9 Å². The van der Waals surface area contributed by atoms with Crippen molar-refractivity contribution in [3.05, 3.63) is 87.9 Å². The van der Waals surface area contributed by atoms with Crippen molar-refractivity contribution in [2.45, 2.75) is 53.8 Å². The van der Waals surface area contributed by atoms with Crippen LogP contribution in [0.4, 0.5) is 18.3 Å². The lowest BCUT2D eigenvalue weighted by Crippen LogP contribution is -2.42. The van der Waals surface area contributed by atoms with E-state index < -0.39 is 17.7 Å². The fraction of sp³-hybridized carbons (Fsp3) is 0.310. The monoisotopic (exact) mass is 613 g/mol. The number of nitriles is 1. The van der Waals surface area contributed by atoms with Crippen LogP contribution in [0.2, 0.25) is 0 Å². The number of Topliss-reactive ketones (excluding diaryl/α,β-unsaturated/α-hetero) is 1. The molecule has 1 aliphatic heterocycles. The maximum absolute atomic E-state index is 13.7. The molecule has 0 saturated carbocycles. The Hall–Kier alpha value is -3.27. The third-order valence-electron chi connectivity index (χ3n) is 7.03. The van der Waals surface area contributed by atoms with Crippen molar-refractivity contribution in [1.29, 1.82) is 5.26 Å². The molecule has 0 bridgehead atoms. The molecule has 41 heavy (non-hydrogen) atoms. The van der Waals surface area contributed by atoms with Gasteiger partial charge in [-0.25, -0.2) is 0 Å². The number of allylic oxidation sites excluding steroid dienone is 3. The number of benzene rings is 2. The van der Waals surface area contributed by atoms with E-state index in [0.29, 0.717) is 39.1 Å². The van der Waals surface area contributed by atoms with Crippen LogP contribution in [-0.4, -0.2) is 22.2 Å². The van der Waals surface area contributed by atoms with Crippen LogP contribution in [-0.2, 0) is 16.7 Å². The fourth-order valence-corrected chi connectivity index (χ4v) is 7.42. The van der Waals surface area contributed by atoms with Gasteiger partial charge in [0, 0.05) is 28.3 Å². The van der Waals surface area contributed by atoms with Crippen molar-refractivity contribution in [2.24, 2.45) is 11.1 Å². The Bertz CT molecular complexity index is 1600. The number of nitrogens with two attached hydrogens (primary N) is 1. The molecule has 3 aromatic rings. The summed E-state index contributed by atoms with van der Waals surface area (Å²) < 4.78 is 39.9. The average molecular weight is 614 g/mol. The lowest BCUT2D eigenvalue weighted by atomic mass is 9.69. The molecule has 1 atom stereocenters. The molecule has 12 heteroatoms. The van der Waals surface area contributed by atoms with Gasteiger partial charge >= 0.3 is 6.18 Å². The van der Waals surface area contributed by atoms with Crippen LogP contribution in [0.3, 0.4) is 0 Å². The van der Waals surface area contributed by atoms with E-state index in [1.807, 2.05) is 44.4 Å². The third kappa shape index (κ3) is 5.89. The highest BCUT2D eigenvalue weighted by atomic mass is 32.2. The van der Waals surface area contributed by atoms with Gasteiger partial charge in [-0.05, 0) is 47.4 Å². The van der Waals surface area contributed by atoms with E-state index in [1.165, 1.54) is 29.2 Å². The lowest BCUT2D eigenvalue weighted by Gasteiger charge is -2.42. The molecule has 0 spiro atoms. The second-order valence-corrected chi connectivity index (χ2v) is 13.6. The molecule has 1 aromatic heterocycles. The van der Waals surface area contributed by atoms with Gasteiger partial charge in [0.05, 0.1) is 23.1 Å². The number of thioether (sulfide) groups is 2. The summed E-state index contributed by atoms with van der Waals surface area (Å²) in [5.41, 5.74) is 8.47. The highest BCUT2D eigenvalue weighted by Gasteiger charge is 2.45. The molecular formula is C29H26F3N5OS3. The number of hydrogen-bond acceptors (Lipinski definition) is 9. The van der Waals surface area contributed by atoms with Gasteiger partial charge in [0.25, 0.3) is 0 Å². The Labute approximate surface area is 248 Å². The first-order valence-electron chi connectivity index (χ1n) is 12.6. The number of nitrogens with zero attached hydrogens (tertiary/aromatic N) is 4. The van der Waals surface area contributed by atoms with E-state index in [2.05, 4.69) is 16.3 Å². The number of aromatic nitrogens is 2. The second kappa shape index (κ2) is 11.2. The molecule has 0 radical (unpaired) electrons. The van der Waals surface area contributed by atoms with Crippen LogP contribution in [0.25, 0.3) is 0 Å². The Morgan fingerprint density at radius 2 is 1.90 bits per heavy atom. The predicted octanol–water partition coefficient (Wildman–Crippen LogP) is 7.51. The highest BCUT2D eigenvalue weighted by molar-refractivity contribution is 8.00. The van der Waals surface area contributed by atoms with E-state index in [4.69, 9.17) is 5.73 Å². The van der Waals surface area contributed by atoms with Gasteiger partial charge < -0.3 is 5.73 Å². The summed E-state index contributed by atoms with van der Waals surface area (Å²) in [6.45, 7) is 4.04. The molecule has 0 saturated heterocycles. The number of alkyl halides is 3. The number of rotatable bonds is 6. The van der Waals surface area contributed by atoms with Crippen molar-refractivity contribution in [3.8, 4) is 6.07 Å². The largest absolute Gasteiger partial charge is 0.416 e. The third-order valence-corrected chi connectivity index (χ3v) is 9.89. The molecule has 0 fully saturated rings. The Morgan fingerprint density at radius 3 is 2.56 bits per heavy atom. The maximum Gasteiger partial charge on any atom is 0.416 e. The number of hydrogen-bond donors (Lipinski definition) is 1. The zero-order valence-electron chi connectivity index (χ0n) is 22.5. The molecule has 6 nitrogen and oxygen atoms in total. The highest BCUT2D eigenvalue weighted by Crippen LogP contribution is 2.51. The van der Waals surface area contributed by atoms with Gasteiger partial charge in [-0.3, -0.25) is 9.69 Å². The molecule has 2 aliphatic rings. The van der Waals surface area contributed by atoms with Crippen LogP contribution in [0, 0.1) is 16.7 Å². The van der Waals surface area contributed by atoms with Gasteiger partial charge in [-0.15, -0.1) is 22.0 Å². The molecule has 1 aliphatic carbocycles. The van der Waals surface area contributed by atoms with Crippen LogP contribution < -0.4 is 10.6 Å². The van der Waals surface area contributed by atoms with Crippen molar-refractivity contribution in [2.75, 3.05) is 11.2 Å². The van der Waals surface area contributed by atoms with Crippen molar-refractivity contribution < 1.29 is 18.0 Å². The van der Waals surface area contributed by atoms with Crippen molar-refractivity contribution >= 4 is 45.8 Å². The normalized spacial score (nSPS) is 18.9. The first kappa shape index (κ1) is 29.2. The number of ketones is 1. The Morgan fingerprint density at radius 1 is 1.17 bits per heavy atom. The standard InChI is InChI=1S/C29H26F3N5OS3/c1-28(2)12-21-24(22(38)13-28)23(17-7-9-19(39-3)10-8-17)20(14-33)25(34)37(21)26-35-36-27(41-26)40-15-16-5-4-6-18(11-16)29(30,31)32/h4-11,23H,12-13,15,34H2,1-3H3/t23-/m0/s1. The van der Waals surface area contributed by atoms with E-state index in [0.717, 1.165) is 22.6 Å². The number of anilines is 1. The predicted molar refractivity (Wildman–Crippen MR) is 156 cm³/mol. The molecule has 2 heterocycles. The fourth-order valence-electron chi connectivity index (χ4n) is 5.19. The number of carbonyl (C=O) groups excluding carboxylic acids is 1. The minimum atomic E-state index is -4.42. The number of carbonyl (C=O) groups is 1. The molecule has 0 amide bonds. The summed E-state index contributed by atoms with van der Waals surface area (Å²) in [6.07, 6.45) is -1.56. The summed E-state index contributed by atoms with van der Waals surface area (Å²) in [5.74, 6) is -0.167. The van der Waals surface area contributed by atoms with Gasteiger partial charge in [0.1, 0.15) is 5.82 Å². The average Bonchev–Trinajstić information content (AvgIpc) is 3.39. The van der Waals surface area contributed by atoms with E-state index in [-0.39, 0.29) is 28.3 Å². The van der Waals surface area contributed by atoms with Gasteiger partial charge in [0.15, 0.2) is 10.1 Å². The Balaban J connectivity index is 1.51. The Kier molecular flexibility index (Phi) is 7.98. The minimum Gasteiger partial charge on any atom is -0.384 e. The SMILES string of the molecule is CSc1ccc([C@H]2C(C#N)=C(N)N(c3nnc(SCc4cccc(C(F)(F)F)c4)s3)C3=C2C(=O)CC(C)(C)C3)cc1. The quantitative estimate of drug-likeness (QED) is 0.286. The molecule has 2 aromatic carbocycles. The maximum atomic E-state index is 13.7. The second-order valence-electron chi connectivity index (χ2n) is 10.6. The first-order valence-corrected chi connectivity index (χ1v) is 15.7. The molecule has 212 valence electrons. The summed E-state index contributed by atoms with van der Waals surface area (Å²) in [5, 5.41) is 19.2. The van der Waals surface area contributed by atoms with Crippen molar-refractivity contribution in [3.63, 3.8) is 0 Å². The molecule has 2 N–H and O–H groups in total. The van der Waals surface area contributed by atoms with Crippen LogP contribution in [0.5, 0.6) is 0 Å². The first-order chi connectivity index (χ1) is 19.4. The van der Waals surface area contributed by atoms with E-state index in [1.54, 1.807) is 22.7 Å². The van der Waals surface area contributed by atoms with Crippen molar-refractivity contribution in [1.82, 2.24) is 10.2 Å². The zero-order chi connectivity index (χ0) is 29.5. The summed E-state index contributed by atoms with van der Waals surface area (Å²) >= 11 is 4.08. The summed E-state index contributed by atoms with van der Waals surface area (Å²) in [6, 6.07) is 15.2. The number of halogens is 3. The smallest absolute Gasteiger partial charge is 0.384 e. The molecule has 5 rings (SSSR count). The lowest BCUT2D eigenvalue weighted by molar-refractivity contribution is -0.137. The molecular weight excluding hydrogens is 588 g/mol. The van der Waals surface area contributed by atoms with Crippen LogP contribution in [0.1, 0.15) is 49.3 Å².